The Balaban J connectivity index is 2.15. The van der Waals surface area contributed by atoms with E-state index in [0.29, 0.717) is 16.7 Å². The Morgan fingerprint density at radius 3 is 2.61 bits per heavy atom. The van der Waals surface area contributed by atoms with Crippen molar-refractivity contribution < 1.29 is 13.2 Å². The Kier molecular flexibility index (Phi) is 3.65. The molecule has 2 nitrogen and oxygen atoms in total. The molecule has 0 aliphatic carbocycles. The number of H-pyrrole nitrogens is 1. The lowest BCUT2D eigenvalue weighted by Crippen LogP contribution is -2.06. The molecule has 0 aliphatic heterocycles. The van der Waals surface area contributed by atoms with Crippen molar-refractivity contribution in [2.45, 2.75) is 12.7 Å². The van der Waals surface area contributed by atoms with Crippen LogP contribution in [0.5, 0.6) is 0 Å². The normalized spacial score (nSPS) is 11.6. The van der Waals surface area contributed by atoms with Crippen LogP contribution in [0, 0.1) is 0 Å². The van der Waals surface area contributed by atoms with Crippen LogP contribution < -0.4 is 5.32 Å². The molecule has 0 aliphatic rings. The number of benzene rings is 1. The zero-order valence-electron chi connectivity index (χ0n) is 9.18. The predicted molar refractivity (Wildman–Crippen MR) is 67.3 cm³/mol. The molecule has 2 aromatic rings. The molecule has 0 spiro atoms. The van der Waals surface area contributed by atoms with E-state index in [0.717, 1.165) is 17.7 Å². The Labute approximate surface area is 110 Å². The van der Waals surface area contributed by atoms with Crippen LogP contribution in [-0.4, -0.2) is 4.98 Å². The molecule has 0 radical (unpaired) electrons. The zero-order chi connectivity index (χ0) is 13.2. The van der Waals surface area contributed by atoms with Gasteiger partial charge in [0.15, 0.2) is 0 Å². The molecule has 1 aromatic heterocycles. The first-order chi connectivity index (χ1) is 8.45. The third-order valence-electron chi connectivity index (χ3n) is 2.38. The van der Waals surface area contributed by atoms with Gasteiger partial charge in [0, 0.05) is 29.1 Å². The molecular formula is C12H10BrF3N2. The second kappa shape index (κ2) is 5.06. The van der Waals surface area contributed by atoms with Crippen molar-refractivity contribution >= 4 is 21.6 Å². The smallest absolute Gasteiger partial charge is 0.381 e. The standard InChI is InChI=1S/C12H10BrF3N2/c13-10-3-9(12(14,15)16)4-11(5-10)18-7-8-1-2-17-6-8/h1-6,17-18H,7H2. The molecule has 6 heteroatoms. The number of rotatable bonds is 3. The van der Waals surface area contributed by atoms with E-state index in [2.05, 4.69) is 26.2 Å². The minimum atomic E-state index is -4.34. The van der Waals surface area contributed by atoms with Crippen LogP contribution in [0.1, 0.15) is 11.1 Å². The van der Waals surface area contributed by atoms with E-state index >= 15 is 0 Å². The van der Waals surface area contributed by atoms with Gasteiger partial charge in [-0.05, 0) is 29.8 Å². The summed E-state index contributed by atoms with van der Waals surface area (Å²) in [4.78, 5) is 2.88. The number of hydrogen-bond donors (Lipinski definition) is 2. The summed E-state index contributed by atoms with van der Waals surface area (Å²) in [6, 6.07) is 5.62. The lowest BCUT2D eigenvalue weighted by atomic mass is 10.2. The van der Waals surface area contributed by atoms with Crippen LogP contribution in [0.25, 0.3) is 0 Å². The van der Waals surface area contributed by atoms with Crippen molar-refractivity contribution in [1.82, 2.24) is 4.98 Å². The first-order valence-corrected chi connectivity index (χ1v) is 5.98. The van der Waals surface area contributed by atoms with Gasteiger partial charge in [0.25, 0.3) is 0 Å². The number of alkyl halides is 3. The van der Waals surface area contributed by atoms with Crippen molar-refractivity contribution in [3.63, 3.8) is 0 Å². The second-order valence-corrected chi connectivity index (χ2v) is 4.71. The van der Waals surface area contributed by atoms with Gasteiger partial charge in [0.05, 0.1) is 5.56 Å². The third-order valence-corrected chi connectivity index (χ3v) is 2.84. The first-order valence-electron chi connectivity index (χ1n) is 5.18. The maximum absolute atomic E-state index is 12.6. The highest BCUT2D eigenvalue weighted by Crippen LogP contribution is 2.33. The van der Waals surface area contributed by atoms with Gasteiger partial charge in [0.2, 0.25) is 0 Å². The molecule has 96 valence electrons. The van der Waals surface area contributed by atoms with E-state index in [1.807, 2.05) is 6.07 Å². The van der Waals surface area contributed by atoms with E-state index in [-0.39, 0.29) is 0 Å². The van der Waals surface area contributed by atoms with Crippen molar-refractivity contribution in [1.29, 1.82) is 0 Å². The van der Waals surface area contributed by atoms with Crippen LogP contribution in [0.15, 0.2) is 41.1 Å². The molecule has 1 heterocycles. The average molecular weight is 319 g/mol. The Hall–Kier alpha value is -1.43. The van der Waals surface area contributed by atoms with E-state index in [4.69, 9.17) is 0 Å². The molecule has 0 saturated heterocycles. The monoisotopic (exact) mass is 318 g/mol. The number of hydrogen-bond acceptors (Lipinski definition) is 1. The van der Waals surface area contributed by atoms with Crippen LogP contribution in [-0.2, 0) is 12.7 Å². The summed E-state index contributed by atoms with van der Waals surface area (Å²) in [5.74, 6) is 0. The van der Waals surface area contributed by atoms with Gasteiger partial charge in [0.1, 0.15) is 0 Å². The largest absolute Gasteiger partial charge is 0.416 e. The molecule has 0 fully saturated rings. The summed E-state index contributed by atoms with van der Waals surface area (Å²) >= 11 is 3.08. The van der Waals surface area contributed by atoms with E-state index in [1.165, 1.54) is 0 Å². The minimum absolute atomic E-state index is 0.397. The van der Waals surface area contributed by atoms with Crippen molar-refractivity contribution in [2.75, 3.05) is 5.32 Å². The number of aromatic amines is 1. The van der Waals surface area contributed by atoms with Gasteiger partial charge in [-0.15, -0.1) is 0 Å². The Morgan fingerprint density at radius 2 is 2.00 bits per heavy atom. The third kappa shape index (κ3) is 3.29. The van der Waals surface area contributed by atoms with Crippen molar-refractivity contribution in [2.24, 2.45) is 0 Å². The summed E-state index contributed by atoms with van der Waals surface area (Å²) < 4.78 is 38.2. The number of anilines is 1. The fourth-order valence-corrected chi connectivity index (χ4v) is 2.02. The highest BCUT2D eigenvalue weighted by atomic mass is 79.9. The molecule has 1 aromatic carbocycles. The summed E-state index contributed by atoms with van der Waals surface area (Å²) in [5.41, 5.74) is 0.731. The van der Waals surface area contributed by atoms with Crippen LogP contribution >= 0.6 is 15.9 Å². The second-order valence-electron chi connectivity index (χ2n) is 3.80. The quantitative estimate of drug-likeness (QED) is 0.862. The van der Waals surface area contributed by atoms with Gasteiger partial charge in [-0.25, -0.2) is 0 Å². The number of halogens is 4. The minimum Gasteiger partial charge on any atom is -0.381 e. The Morgan fingerprint density at radius 1 is 1.22 bits per heavy atom. The van der Waals surface area contributed by atoms with E-state index < -0.39 is 11.7 Å². The fourth-order valence-electron chi connectivity index (χ4n) is 1.53. The SMILES string of the molecule is FC(F)(F)c1cc(Br)cc(NCc2cc[nH]c2)c1. The number of nitrogens with one attached hydrogen (secondary N) is 2. The maximum atomic E-state index is 12.6. The summed E-state index contributed by atoms with van der Waals surface area (Å²) in [6.45, 7) is 0.469. The highest BCUT2D eigenvalue weighted by Gasteiger charge is 2.31. The van der Waals surface area contributed by atoms with Crippen LogP contribution in [0.2, 0.25) is 0 Å². The van der Waals surface area contributed by atoms with Gasteiger partial charge in [-0.2, -0.15) is 13.2 Å². The average Bonchev–Trinajstić information content (AvgIpc) is 2.77. The lowest BCUT2D eigenvalue weighted by Gasteiger charge is -2.11. The summed E-state index contributed by atoms with van der Waals surface area (Å²) in [5, 5.41) is 2.95. The molecule has 0 atom stereocenters. The maximum Gasteiger partial charge on any atom is 0.416 e. The summed E-state index contributed by atoms with van der Waals surface area (Å²) in [6.07, 6.45) is -0.789. The van der Waals surface area contributed by atoms with E-state index in [9.17, 15) is 13.2 Å². The van der Waals surface area contributed by atoms with Crippen LogP contribution in [0.4, 0.5) is 18.9 Å². The number of aromatic nitrogens is 1. The summed E-state index contributed by atoms with van der Waals surface area (Å²) in [7, 11) is 0. The van der Waals surface area contributed by atoms with Crippen molar-refractivity contribution in [3.8, 4) is 0 Å². The molecular weight excluding hydrogens is 309 g/mol. The fraction of sp³-hybridized carbons (Fsp3) is 0.167. The molecule has 18 heavy (non-hydrogen) atoms. The predicted octanol–water partition coefficient (Wildman–Crippen LogP) is 4.41. The molecule has 0 amide bonds. The van der Waals surface area contributed by atoms with Gasteiger partial charge >= 0.3 is 6.18 Å². The van der Waals surface area contributed by atoms with Gasteiger partial charge in [-0.3, -0.25) is 0 Å². The van der Waals surface area contributed by atoms with Crippen LogP contribution in [0.3, 0.4) is 0 Å². The molecule has 0 saturated carbocycles. The lowest BCUT2D eigenvalue weighted by molar-refractivity contribution is -0.137. The van der Waals surface area contributed by atoms with Gasteiger partial charge < -0.3 is 10.3 Å². The first kappa shape index (κ1) is 13.0. The molecule has 2 N–H and O–H groups in total. The molecule has 2 rings (SSSR count). The van der Waals surface area contributed by atoms with E-state index in [1.54, 1.807) is 18.5 Å². The Bertz CT molecular complexity index is 521. The van der Waals surface area contributed by atoms with Gasteiger partial charge in [-0.1, -0.05) is 15.9 Å². The zero-order valence-corrected chi connectivity index (χ0v) is 10.8. The molecule has 0 bridgehead atoms. The highest BCUT2D eigenvalue weighted by molar-refractivity contribution is 9.10. The van der Waals surface area contributed by atoms with Crippen molar-refractivity contribution in [3.05, 3.63) is 52.3 Å². The molecule has 0 unspecified atom stereocenters. The topological polar surface area (TPSA) is 27.8 Å².